The molecule has 1 aromatic heterocycles. The van der Waals surface area contributed by atoms with E-state index in [0.717, 1.165) is 60.4 Å². The van der Waals surface area contributed by atoms with Gasteiger partial charge in [0.15, 0.2) is 0 Å². The molecule has 0 radical (unpaired) electrons. The molecule has 2 N–H and O–H groups in total. The van der Waals surface area contributed by atoms with Crippen molar-refractivity contribution in [2.75, 3.05) is 19.8 Å². The highest BCUT2D eigenvalue weighted by Crippen LogP contribution is 2.33. The molecule has 3 aromatic carbocycles. The first-order valence-electron chi connectivity index (χ1n) is 14.6. The topological polar surface area (TPSA) is 49.4 Å². The Kier molecular flexibility index (Phi) is 10.7. The fourth-order valence-electron chi connectivity index (χ4n) is 5.05. The highest BCUT2D eigenvalue weighted by Gasteiger charge is 2.12. The van der Waals surface area contributed by atoms with Crippen LogP contribution < -0.4 is 15.2 Å². The van der Waals surface area contributed by atoms with E-state index in [1.165, 1.54) is 41.1 Å². The van der Waals surface area contributed by atoms with Crippen LogP contribution in [-0.2, 0) is 6.54 Å². The van der Waals surface area contributed by atoms with Crippen LogP contribution in [0.25, 0.3) is 40.0 Å². The monoisotopic (exact) mass is 524 g/mol. The third-order valence-electron chi connectivity index (χ3n) is 7.21. The Morgan fingerprint density at radius 1 is 0.744 bits per heavy atom. The molecule has 0 saturated carbocycles. The Labute approximate surface area is 234 Å². The minimum absolute atomic E-state index is 0.687. The minimum atomic E-state index is 0.687. The largest absolute Gasteiger partial charge is 0.493 e. The summed E-state index contributed by atoms with van der Waals surface area (Å²) in [6, 6.07) is 19.5. The molecule has 0 aliphatic rings. The average Bonchev–Trinajstić information content (AvgIpc) is 3.28. The van der Waals surface area contributed by atoms with E-state index in [4.69, 9.17) is 15.2 Å². The Hall–Kier alpha value is -3.50. The van der Waals surface area contributed by atoms with E-state index < -0.39 is 0 Å². The molecular weight excluding hydrogens is 480 g/mol. The summed E-state index contributed by atoms with van der Waals surface area (Å²) in [6.45, 7) is 11.5. The smallest absolute Gasteiger partial charge is 0.127 e. The summed E-state index contributed by atoms with van der Waals surface area (Å²) in [4.78, 5) is 0. The maximum absolute atomic E-state index is 6.27. The van der Waals surface area contributed by atoms with Crippen LogP contribution in [0.5, 0.6) is 11.5 Å². The molecule has 0 aliphatic heterocycles. The predicted octanol–water partition coefficient (Wildman–Crippen LogP) is 9.09. The van der Waals surface area contributed by atoms with Gasteiger partial charge in [-0.3, -0.25) is 0 Å². The number of rotatable bonds is 16. The Morgan fingerprint density at radius 3 is 2.10 bits per heavy atom. The number of nitrogens with two attached hydrogens (primary N) is 1. The van der Waals surface area contributed by atoms with E-state index in [-0.39, 0.29) is 0 Å². The molecular formula is C35H44N2O2. The van der Waals surface area contributed by atoms with Crippen LogP contribution in [0, 0.1) is 0 Å². The van der Waals surface area contributed by atoms with Crippen LogP contribution in [0.15, 0.2) is 61.2 Å². The molecule has 4 nitrogen and oxygen atoms in total. The van der Waals surface area contributed by atoms with Crippen LogP contribution in [-0.4, -0.2) is 24.3 Å². The second kappa shape index (κ2) is 14.6. The van der Waals surface area contributed by atoms with Gasteiger partial charge in [0.2, 0.25) is 0 Å². The molecule has 206 valence electrons. The lowest BCUT2D eigenvalue weighted by molar-refractivity contribution is 0.297. The Balaban J connectivity index is 1.67. The van der Waals surface area contributed by atoms with Crippen molar-refractivity contribution in [2.24, 2.45) is 5.73 Å². The maximum atomic E-state index is 6.27. The van der Waals surface area contributed by atoms with Gasteiger partial charge in [-0.15, -0.1) is 0 Å². The number of hydrogen-bond donors (Lipinski definition) is 1. The van der Waals surface area contributed by atoms with Crippen LogP contribution >= 0.6 is 0 Å². The van der Waals surface area contributed by atoms with Gasteiger partial charge in [-0.2, -0.15) is 0 Å². The molecule has 1 heterocycles. The lowest BCUT2D eigenvalue weighted by Gasteiger charge is -2.15. The fraction of sp³-hybridized carbons (Fsp3) is 0.371. The van der Waals surface area contributed by atoms with E-state index in [9.17, 15) is 0 Å². The first-order chi connectivity index (χ1) is 19.2. The molecule has 0 atom stereocenters. The SMILES string of the molecule is C=Cc1cc(OCCCCC)c(/C=C/c2ccc3c(c2)c2ccccc2n3CCCN)cc1OCCCCC. The zero-order valence-corrected chi connectivity index (χ0v) is 23.8. The van der Waals surface area contributed by atoms with Crippen molar-refractivity contribution in [1.29, 1.82) is 0 Å². The maximum Gasteiger partial charge on any atom is 0.127 e. The van der Waals surface area contributed by atoms with Crippen molar-refractivity contribution >= 4 is 40.0 Å². The predicted molar refractivity (Wildman–Crippen MR) is 169 cm³/mol. The van der Waals surface area contributed by atoms with E-state index in [1.807, 2.05) is 6.08 Å². The second-order valence-corrected chi connectivity index (χ2v) is 10.2. The highest BCUT2D eigenvalue weighted by molar-refractivity contribution is 6.08. The van der Waals surface area contributed by atoms with Crippen molar-refractivity contribution in [3.8, 4) is 11.5 Å². The summed E-state index contributed by atoms with van der Waals surface area (Å²) in [5.41, 5.74) is 11.5. The summed E-state index contributed by atoms with van der Waals surface area (Å²) in [5.74, 6) is 1.73. The molecule has 39 heavy (non-hydrogen) atoms. The van der Waals surface area contributed by atoms with Crippen molar-refractivity contribution in [2.45, 2.75) is 65.3 Å². The van der Waals surface area contributed by atoms with Gasteiger partial charge in [-0.1, -0.05) is 88.6 Å². The minimum Gasteiger partial charge on any atom is -0.493 e. The number of benzene rings is 3. The standard InChI is InChI=1S/C35H44N2O2/c1-4-7-11-22-38-34-26-29(35(25-28(34)6-3)39-23-12-8-5-2)18-16-27-17-19-33-31(24-27)30-14-9-10-15-32(30)37(33)21-13-20-36/h6,9-10,14-19,24-26H,3-5,7-8,11-13,20-23,36H2,1-2H3/b18-16+. The third kappa shape index (κ3) is 7.13. The van der Waals surface area contributed by atoms with E-state index in [2.05, 4.69) is 91.7 Å². The van der Waals surface area contributed by atoms with Crippen LogP contribution in [0.1, 0.15) is 75.5 Å². The number of nitrogens with zero attached hydrogens (tertiary/aromatic N) is 1. The Morgan fingerprint density at radius 2 is 1.41 bits per heavy atom. The normalized spacial score (nSPS) is 11.6. The van der Waals surface area contributed by atoms with Crippen LogP contribution in [0.2, 0.25) is 0 Å². The summed E-state index contributed by atoms with van der Waals surface area (Å²) in [5, 5.41) is 2.54. The van der Waals surface area contributed by atoms with Crippen LogP contribution in [0.3, 0.4) is 0 Å². The molecule has 4 rings (SSSR count). The van der Waals surface area contributed by atoms with Crippen molar-refractivity contribution in [1.82, 2.24) is 4.57 Å². The number of ether oxygens (including phenoxy) is 2. The quantitative estimate of drug-likeness (QED) is 0.117. The van der Waals surface area contributed by atoms with Gasteiger partial charge in [0.25, 0.3) is 0 Å². The molecule has 0 fully saturated rings. The zero-order valence-electron chi connectivity index (χ0n) is 23.8. The van der Waals surface area contributed by atoms with Gasteiger partial charge >= 0.3 is 0 Å². The van der Waals surface area contributed by atoms with Gasteiger partial charge in [-0.25, -0.2) is 0 Å². The summed E-state index contributed by atoms with van der Waals surface area (Å²) < 4.78 is 14.9. The van der Waals surface area contributed by atoms with E-state index >= 15 is 0 Å². The number of aryl methyl sites for hydroxylation is 1. The molecule has 0 saturated heterocycles. The number of aromatic nitrogens is 1. The van der Waals surface area contributed by atoms with Gasteiger partial charge in [0.05, 0.1) is 13.2 Å². The molecule has 4 aromatic rings. The summed E-state index contributed by atoms with van der Waals surface area (Å²) in [6.07, 6.45) is 13.9. The van der Waals surface area contributed by atoms with Crippen molar-refractivity contribution in [3.05, 3.63) is 77.9 Å². The van der Waals surface area contributed by atoms with E-state index in [0.29, 0.717) is 19.8 Å². The van der Waals surface area contributed by atoms with Crippen LogP contribution in [0.4, 0.5) is 0 Å². The summed E-state index contributed by atoms with van der Waals surface area (Å²) in [7, 11) is 0. The van der Waals surface area contributed by atoms with Gasteiger partial charge in [0, 0.05) is 39.5 Å². The molecule has 0 aliphatic carbocycles. The second-order valence-electron chi connectivity index (χ2n) is 10.2. The molecule has 0 amide bonds. The number of hydrogen-bond acceptors (Lipinski definition) is 3. The highest BCUT2D eigenvalue weighted by atomic mass is 16.5. The first-order valence-corrected chi connectivity index (χ1v) is 14.6. The lowest BCUT2D eigenvalue weighted by atomic mass is 10.1. The zero-order chi connectivity index (χ0) is 27.5. The van der Waals surface area contributed by atoms with Gasteiger partial charge in [0.1, 0.15) is 11.5 Å². The third-order valence-corrected chi connectivity index (χ3v) is 7.21. The molecule has 4 heteroatoms. The van der Waals surface area contributed by atoms with Crippen molar-refractivity contribution < 1.29 is 9.47 Å². The summed E-state index contributed by atoms with van der Waals surface area (Å²) >= 11 is 0. The average molecular weight is 525 g/mol. The number of fused-ring (bicyclic) bond motifs is 3. The van der Waals surface area contributed by atoms with Gasteiger partial charge < -0.3 is 19.8 Å². The van der Waals surface area contributed by atoms with Crippen molar-refractivity contribution in [3.63, 3.8) is 0 Å². The fourth-order valence-corrected chi connectivity index (χ4v) is 5.05. The molecule has 0 spiro atoms. The van der Waals surface area contributed by atoms with E-state index in [1.54, 1.807) is 0 Å². The number of unbranched alkanes of at least 4 members (excludes halogenated alkanes) is 4. The first kappa shape index (κ1) is 28.5. The Bertz CT molecular complexity index is 1400. The molecule has 0 unspecified atom stereocenters. The number of para-hydroxylation sites is 1. The molecule has 0 bridgehead atoms. The lowest BCUT2D eigenvalue weighted by Crippen LogP contribution is -2.05. The van der Waals surface area contributed by atoms with Gasteiger partial charge in [-0.05, 0) is 61.7 Å².